The standard InChI is InChI=1S/C19H13F2N3O4S/c20-15-10-17(16(21)9-14(15)19(26)27)24-29(28)13-3-1-12(2-4-13)23-18(25)11-5-7-22-8-6-11/h1-10,24H,(H,23,25)(H,26,27). The third-order valence-corrected chi connectivity index (χ3v) is 4.86. The van der Waals surface area contributed by atoms with Gasteiger partial charge in [0.05, 0.1) is 16.1 Å². The number of carboxylic acids is 1. The number of anilines is 2. The average molecular weight is 417 g/mol. The average Bonchev–Trinajstić information content (AvgIpc) is 2.71. The summed E-state index contributed by atoms with van der Waals surface area (Å²) in [5.41, 5.74) is -0.416. The Morgan fingerprint density at radius 2 is 1.62 bits per heavy atom. The van der Waals surface area contributed by atoms with E-state index in [0.717, 1.165) is 0 Å². The number of carbonyl (C=O) groups is 2. The van der Waals surface area contributed by atoms with Gasteiger partial charge in [0.1, 0.15) is 22.6 Å². The third-order valence-electron chi connectivity index (χ3n) is 3.76. The third kappa shape index (κ3) is 4.79. The lowest BCUT2D eigenvalue weighted by molar-refractivity contribution is 0.0691. The molecule has 3 rings (SSSR count). The number of aromatic nitrogens is 1. The normalized spacial score (nSPS) is 11.5. The van der Waals surface area contributed by atoms with Crippen LogP contribution >= 0.6 is 0 Å². The highest BCUT2D eigenvalue weighted by molar-refractivity contribution is 7.86. The molecule has 148 valence electrons. The zero-order valence-electron chi connectivity index (χ0n) is 14.6. The first kappa shape index (κ1) is 20.1. The van der Waals surface area contributed by atoms with Gasteiger partial charge >= 0.3 is 5.97 Å². The Labute approximate surface area is 166 Å². The maximum atomic E-state index is 14.0. The van der Waals surface area contributed by atoms with Crippen LogP contribution in [0.1, 0.15) is 20.7 Å². The van der Waals surface area contributed by atoms with Crippen LogP contribution < -0.4 is 10.0 Å². The minimum absolute atomic E-state index is 0.231. The summed E-state index contributed by atoms with van der Waals surface area (Å²) in [6.07, 6.45) is 2.97. The summed E-state index contributed by atoms with van der Waals surface area (Å²) < 4.78 is 42.3. The first-order valence-electron chi connectivity index (χ1n) is 8.07. The number of rotatable bonds is 6. The molecule has 7 nitrogen and oxygen atoms in total. The van der Waals surface area contributed by atoms with Gasteiger partial charge < -0.3 is 10.4 Å². The second kappa shape index (κ2) is 8.57. The summed E-state index contributed by atoms with van der Waals surface area (Å²) in [6.45, 7) is 0. The van der Waals surface area contributed by atoms with E-state index < -0.39 is 39.8 Å². The van der Waals surface area contributed by atoms with Gasteiger partial charge in [-0.25, -0.2) is 17.8 Å². The van der Waals surface area contributed by atoms with Crippen LogP contribution in [0.3, 0.4) is 0 Å². The molecule has 29 heavy (non-hydrogen) atoms. The molecule has 0 saturated carbocycles. The molecule has 0 spiro atoms. The first-order chi connectivity index (χ1) is 13.8. The van der Waals surface area contributed by atoms with Crippen LogP contribution in [0.4, 0.5) is 20.2 Å². The largest absolute Gasteiger partial charge is 0.478 e. The second-order valence-corrected chi connectivity index (χ2v) is 6.92. The van der Waals surface area contributed by atoms with Gasteiger partial charge in [-0.2, -0.15) is 0 Å². The lowest BCUT2D eigenvalue weighted by Crippen LogP contribution is -2.12. The van der Waals surface area contributed by atoms with Crippen molar-refractivity contribution < 1.29 is 27.7 Å². The van der Waals surface area contributed by atoms with Crippen molar-refractivity contribution in [2.45, 2.75) is 4.90 Å². The molecule has 3 N–H and O–H groups in total. The van der Waals surface area contributed by atoms with Crippen molar-refractivity contribution in [3.05, 3.63) is 83.7 Å². The van der Waals surface area contributed by atoms with E-state index in [2.05, 4.69) is 15.0 Å². The molecule has 1 amide bonds. The van der Waals surface area contributed by atoms with Crippen LogP contribution in [0.5, 0.6) is 0 Å². The van der Waals surface area contributed by atoms with Crippen molar-refractivity contribution in [1.29, 1.82) is 0 Å². The van der Waals surface area contributed by atoms with Crippen molar-refractivity contribution in [3.8, 4) is 0 Å². The molecular formula is C19H13F2N3O4S. The van der Waals surface area contributed by atoms with Crippen molar-refractivity contribution >= 4 is 34.2 Å². The molecule has 0 aliphatic heterocycles. The predicted octanol–water partition coefficient (Wildman–Crippen LogP) is 3.45. The molecule has 1 aromatic heterocycles. The molecule has 1 heterocycles. The minimum Gasteiger partial charge on any atom is -0.478 e. The molecule has 1 unspecified atom stereocenters. The second-order valence-electron chi connectivity index (χ2n) is 5.70. The molecule has 3 aromatic rings. The van der Waals surface area contributed by atoms with Crippen LogP contribution in [0.25, 0.3) is 0 Å². The van der Waals surface area contributed by atoms with Crippen molar-refractivity contribution in [2.75, 3.05) is 10.0 Å². The highest BCUT2D eigenvalue weighted by Gasteiger charge is 2.17. The molecule has 2 aromatic carbocycles. The molecule has 0 aliphatic rings. The minimum atomic E-state index is -1.95. The number of hydrogen-bond acceptors (Lipinski definition) is 4. The SMILES string of the molecule is O=C(Nc1ccc(S(=O)Nc2cc(F)c(C(=O)O)cc2F)cc1)c1ccncc1. The van der Waals surface area contributed by atoms with E-state index in [9.17, 15) is 22.6 Å². The molecule has 0 aliphatic carbocycles. The Kier molecular flexibility index (Phi) is 5.93. The number of hydrogen-bond donors (Lipinski definition) is 3. The Balaban J connectivity index is 1.70. The highest BCUT2D eigenvalue weighted by atomic mass is 32.2. The number of benzene rings is 2. The van der Waals surface area contributed by atoms with Crippen LogP contribution in [-0.4, -0.2) is 26.2 Å². The Bertz CT molecular complexity index is 1090. The Morgan fingerprint density at radius 1 is 0.966 bits per heavy atom. The van der Waals surface area contributed by atoms with E-state index in [-0.39, 0.29) is 10.8 Å². The van der Waals surface area contributed by atoms with Gasteiger partial charge in [0, 0.05) is 29.7 Å². The summed E-state index contributed by atoms with van der Waals surface area (Å²) >= 11 is 0. The van der Waals surface area contributed by atoms with Gasteiger partial charge in [0.15, 0.2) is 0 Å². The smallest absolute Gasteiger partial charge is 0.338 e. The zero-order valence-corrected chi connectivity index (χ0v) is 15.4. The molecule has 0 fully saturated rings. The van der Waals surface area contributed by atoms with Gasteiger partial charge in [-0.05, 0) is 42.5 Å². The van der Waals surface area contributed by atoms with Crippen LogP contribution in [-0.2, 0) is 11.0 Å². The summed E-state index contributed by atoms with van der Waals surface area (Å²) in [5, 5.41) is 11.4. The van der Waals surface area contributed by atoms with Gasteiger partial charge in [0.25, 0.3) is 5.91 Å². The molecule has 0 bridgehead atoms. The molecule has 10 heteroatoms. The number of pyridine rings is 1. The van der Waals surface area contributed by atoms with Crippen LogP contribution in [0.15, 0.2) is 65.8 Å². The van der Waals surface area contributed by atoms with Crippen LogP contribution in [0.2, 0.25) is 0 Å². The van der Waals surface area contributed by atoms with Crippen molar-refractivity contribution in [3.63, 3.8) is 0 Å². The first-order valence-corrected chi connectivity index (χ1v) is 9.22. The number of aromatic carboxylic acids is 1. The van der Waals surface area contributed by atoms with E-state index in [1.54, 1.807) is 12.1 Å². The fourth-order valence-electron chi connectivity index (χ4n) is 2.32. The van der Waals surface area contributed by atoms with Gasteiger partial charge in [-0.15, -0.1) is 0 Å². The maximum absolute atomic E-state index is 14.0. The predicted molar refractivity (Wildman–Crippen MR) is 102 cm³/mol. The van der Waals surface area contributed by atoms with Gasteiger partial charge in [0.2, 0.25) is 0 Å². The molecule has 0 radical (unpaired) electrons. The fraction of sp³-hybridized carbons (Fsp3) is 0. The number of nitrogens with zero attached hydrogens (tertiary/aromatic N) is 1. The molecular weight excluding hydrogens is 404 g/mol. The fourth-order valence-corrected chi connectivity index (χ4v) is 3.17. The van der Waals surface area contributed by atoms with E-state index in [4.69, 9.17) is 5.11 Å². The summed E-state index contributed by atoms with van der Waals surface area (Å²) in [7, 11) is -1.95. The van der Waals surface area contributed by atoms with E-state index >= 15 is 0 Å². The number of carboxylic acid groups (broad SMARTS) is 1. The topological polar surface area (TPSA) is 108 Å². The lowest BCUT2D eigenvalue weighted by Gasteiger charge is -2.10. The Morgan fingerprint density at radius 3 is 2.24 bits per heavy atom. The molecule has 0 saturated heterocycles. The van der Waals surface area contributed by atoms with Crippen molar-refractivity contribution in [2.24, 2.45) is 0 Å². The van der Waals surface area contributed by atoms with Crippen molar-refractivity contribution in [1.82, 2.24) is 4.98 Å². The molecule has 1 atom stereocenters. The van der Waals surface area contributed by atoms with Gasteiger partial charge in [-0.3, -0.25) is 14.5 Å². The lowest BCUT2D eigenvalue weighted by atomic mass is 10.2. The monoisotopic (exact) mass is 417 g/mol. The number of amides is 1. The van der Waals surface area contributed by atoms with E-state index in [0.29, 0.717) is 23.4 Å². The Hall–Kier alpha value is -3.66. The van der Waals surface area contributed by atoms with Crippen LogP contribution in [0, 0.1) is 11.6 Å². The number of halogens is 2. The summed E-state index contributed by atoms with van der Waals surface area (Å²) in [4.78, 5) is 27.0. The van der Waals surface area contributed by atoms with E-state index in [1.165, 1.54) is 36.7 Å². The number of carbonyl (C=O) groups excluding carboxylic acids is 1. The zero-order chi connectivity index (χ0) is 21.0. The highest BCUT2D eigenvalue weighted by Crippen LogP contribution is 2.22. The van der Waals surface area contributed by atoms with Gasteiger partial charge in [-0.1, -0.05) is 0 Å². The van der Waals surface area contributed by atoms with E-state index in [1.807, 2.05) is 0 Å². The maximum Gasteiger partial charge on any atom is 0.338 e. The summed E-state index contributed by atoms with van der Waals surface area (Å²) in [6, 6.07) is 10.1. The summed E-state index contributed by atoms with van der Waals surface area (Å²) in [5.74, 6) is -4.18. The number of nitrogens with one attached hydrogen (secondary N) is 2. The quantitative estimate of drug-likeness (QED) is 0.569.